The highest BCUT2D eigenvalue weighted by Gasteiger charge is 2.28. The quantitative estimate of drug-likeness (QED) is 0.635. The van der Waals surface area contributed by atoms with E-state index in [1.54, 1.807) is 19.1 Å². The molecule has 2 atom stereocenters. The number of anilines is 1. The number of hydrogen-bond acceptors (Lipinski definition) is 5. The molecular formula is C19H25NO5. The Balaban J connectivity index is 1.97. The maximum Gasteiger partial charge on any atom is 0.508 e. The molecular weight excluding hydrogens is 322 g/mol. The van der Waals surface area contributed by atoms with Crippen LogP contribution in [-0.2, 0) is 14.2 Å². The molecule has 0 aliphatic heterocycles. The van der Waals surface area contributed by atoms with Crippen LogP contribution >= 0.6 is 0 Å². The summed E-state index contributed by atoms with van der Waals surface area (Å²) in [5, 5.41) is 2.69. The summed E-state index contributed by atoms with van der Waals surface area (Å²) >= 11 is 0. The molecule has 1 amide bonds. The lowest BCUT2D eigenvalue weighted by Gasteiger charge is -2.21. The average molecular weight is 347 g/mol. The van der Waals surface area contributed by atoms with Crippen molar-refractivity contribution in [3.8, 4) is 0 Å². The van der Waals surface area contributed by atoms with Crippen LogP contribution in [-0.4, -0.2) is 30.6 Å². The van der Waals surface area contributed by atoms with Gasteiger partial charge in [0.1, 0.15) is 11.7 Å². The number of carbonyl (C=O) groups excluding carboxylic acids is 2. The number of hydrogen-bond donors (Lipinski definition) is 1. The van der Waals surface area contributed by atoms with E-state index in [0.717, 1.165) is 5.56 Å². The first-order chi connectivity index (χ1) is 11.8. The standard InChI is InChI=1S/C19H25NO5/c1-5-23-18(22)24-16-8-6-7-15(16)13-9-11-14(12-10-13)20-17(21)25-19(2,3)4/h6-7,9-12,15-16H,5,8H2,1-4H3,(H,20,21)/t15-,16+/m0/s1. The van der Waals surface area contributed by atoms with Crippen molar-refractivity contribution in [2.75, 3.05) is 11.9 Å². The van der Waals surface area contributed by atoms with Crippen LogP contribution in [0.4, 0.5) is 15.3 Å². The van der Waals surface area contributed by atoms with Crippen LogP contribution in [0.25, 0.3) is 0 Å². The highest BCUT2D eigenvalue weighted by atomic mass is 16.7. The highest BCUT2D eigenvalue weighted by Crippen LogP contribution is 2.32. The van der Waals surface area contributed by atoms with Gasteiger partial charge in [-0.15, -0.1) is 0 Å². The molecule has 25 heavy (non-hydrogen) atoms. The van der Waals surface area contributed by atoms with E-state index in [1.165, 1.54) is 0 Å². The minimum Gasteiger partial charge on any atom is -0.444 e. The predicted octanol–water partition coefficient (Wildman–Crippen LogP) is 4.62. The van der Waals surface area contributed by atoms with Crippen molar-refractivity contribution in [1.29, 1.82) is 0 Å². The summed E-state index contributed by atoms with van der Waals surface area (Å²) in [6, 6.07) is 7.39. The molecule has 0 aromatic heterocycles. The van der Waals surface area contributed by atoms with Gasteiger partial charge in [0.05, 0.1) is 6.61 Å². The van der Waals surface area contributed by atoms with Gasteiger partial charge in [-0.05, 0) is 45.4 Å². The zero-order chi connectivity index (χ0) is 18.4. The molecule has 0 heterocycles. The molecule has 0 spiro atoms. The summed E-state index contributed by atoms with van der Waals surface area (Å²) < 4.78 is 15.4. The Morgan fingerprint density at radius 2 is 1.88 bits per heavy atom. The number of rotatable bonds is 4. The van der Waals surface area contributed by atoms with Gasteiger partial charge in [0.25, 0.3) is 0 Å². The Hall–Kier alpha value is -2.50. The summed E-state index contributed by atoms with van der Waals surface area (Å²) in [7, 11) is 0. The van der Waals surface area contributed by atoms with Crippen molar-refractivity contribution in [2.24, 2.45) is 0 Å². The van der Waals surface area contributed by atoms with Crippen LogP contribution < -0.4 is 5.32 Å². The molecule has 0 fully saturated rings. The van der Waals surface area contributed by atoms with E-state index in [4.69, 9.17) is 14.2 Å². The molecule has 0 saturated carbocycles. The average Bonchev–Trinajstić information content (AvgIpc) is 2.94. The van der Waals surface area contributed by atoms with Crippen molar-refractivity contribution in [3.05, 3.63) is 42.0 Å². The zero-order valence-electron chi connectivity index (χ0n) is 15.1. The Kier molecular flexibility index (Phi) is 6.07. The van der Waals surface area contributed by atoms with Gasteiger partial charge in [-0.2, -0.15) is 0 Å². The van der Waals surface area contributed by atoms with Crippen molar-refractivity contribution in [1.82, 2.24) is 0 Å². The first-order valence-electron chi connectivity index (χ1n) is 8.38. The molecule has 0 bridgehead atoms. The van der Waals surface area contributed by atoms with Gasteiger partial charge in [-0.1, -0.05) is 24.3 Å². The lowest BCUT2D eigenvalue weighted by molar-refractivity contribution is 0.0253. The Morgan fingerprint density at radius 3 is 2.48 bits per heavy atom. The lowest BCUT2D eigenvalue weighted by Crippen LogP contribution is -2.27. The molecule has 2 rings (SSSR count). The Labute approximate surface area is 148 Å². The molecule has 0 saturated heterocycles. The molecule has 1 aliphatic carbocycles. The second-order valence-corrected chi connectivity index (χ2v) is 6.78. The smallest absolute Gasteiger partial charge is 0.444 e. The molecule has 6 heteroatoms. The van der Waals surface area contributed by atoms with Gasteiger partial charge in [-0.25, -0.2) is 9.59 Å². The van der Waals surface area contributed by atoms with Gasteiger partial charge in [-0.3, -0.25) is 5.32 Å². The van der Waals surface area contributed by atoms with Gasteiger partial charge in [0, 0.05) is 18.0 Å². The van der Waals surface area contributed by atoms with Gasteiger partial charge >= 0.3 is 12.2 Å². The van der Waals surface area contributed by atoms with Crippen LogP contribution in [0.3, 0.4) is 0 Å². The number of ether oxygens (including phenoxy) is 3. The number of carbonyl (C=O) groups is 2. The van der Waals surface area contributed by atoms with Crippen molar-refractivity contribution < 1.29 is 23.8 Å². The Morgan fingerprint density at radius 1 is 1.20 bits per heavy atom. The molecule has 0 radical (unpaired) electrons. The van der Waals surface area contributed by atoms with E-state index >= 15 is 0 Å². The summed E-state index contributed by atoms with van der Waals surface area (Å²) in [6.07, 6.45) is 3.24. The van der Waals surface area contributed by atoms with Gasteiger partial charge < -0.3 is 14.2 Å². The fourth-order valence-electron chi connectivity index (χ4n) is 2.56. The first kappa shape index (κ1) is 18.8. The molecule has 6 nitrogen and oxygen atoms in total. The number of nitrogens with one attached hydrogen (secondary N) is 1. The lowest BCUT2D eigenvalue weighted by atomic mass is 9.96. The number of benzene rings is 1. The molecule has 1 N–H and O–H groups in total. The van der Waals surface area contributed by atoms with Crippen LogP contribution in [0.15, 0.2) is 36.4 Å². The fraction of sp³-hybridized carbons (Fsp3) is 0.474. The second-order valence-electron chi connectivity index (χ2n) is 6.78. The Bertz CT molecular complexity index is 630. The van der Waals surface area contributed by atoms with E-state index in [1.807, 2.05) is 45.1 Å². The maximum absolute atomic E-state index is 11.8. The monoisotopic (exact) mass is 347 g/mol. The molecule has 1 aromatic rings. The van der Waals surface area contributed by atoms with E-state index in [-0.39, 0.29) is 18.6 Å². The molecule has 1 aromatic carbocycles. The van der Waals surface area contributed by atoms with Crippen molar-refractivity contribution >= 4 is 17.9 Å². The summed E-state index contributed by atoms with van der Waals surface area (Å²) in [5.74, 6) is -0.0278. The third kappa shape index (κ3) is 5.81. The normalized spacial score (nSPS) is 19.4. The van der Waals surface area contributed by atoms with E-state index in [2.05, 4.69) is 5.32 Å². The fourth-order valence-corrected chi connectivity index (χ4v) is 2.56. The third-order valence-electron chi connectivity index (χ3n) is 3.56. The second kappa shape index (κ2) is 8.05. The topological polar surface area (TPSA) is 73.9 Å². The summed E-state index contributed by atoms with van der Waals surface area (Å²) in [6.45, 7) is 7.46. The van der Waals surface area contributed by atoms with E-state index in [9.17, 15) is 9.59 Å². The largest absolute Gasteiger partial charge is 0.508 e. The van der Waals surface area contributed by atoms with E-state index in [0.29, 0.717) is 12.1 Å². The van der Waals surface area contributed by atoms with Crippen molar-refractivity contribution in [2.45, 2.75) is 51.7 Å². The van der Waals surface area contributed by atoms with Crippen LogP contribution in [0, 0.1) is 0 Å². The summed E-state index contributed by atoms with van der Waals surface area (Å²) in [5.41, 5.74) is 1.09. The SMILES string of the molecule is CCOC(=O)O[C@@H]1CC=C[C@H]1c1ccc(NC(=O)OC(C)(C)C)cc1. The predicted molar refractivity (Wildman–Crippen MR) is 94.7 cm³/mol. The van der Waals surface area contributed by atoms with Crippen LogP contribution in [0.5, 0.6) is 0 Å². The minimum atomic E-state index is -0.649. The highest BCUT2D eigenvalue weighted by molar-refractivity contribution is 5.84. The molecule has 1 aliphatic rings. The first-order valence-corrected chi connectivity index (χ1v) is 8.38. The molecule has 136 valence electrons. The summed E-state index contributed by atoms with van der Waals surface area (Å²) in [4.78, 5) is 23.3. The number of amides is 1. The molecule has 0 unspecified atom stereocenters. The van der Waals surface area contributed by atoms with Crippen LogP contribution in [0.1, 0.15) is 45.6 Å². The third-order valence-corrected chi connectivity index (χ3v) is 3.56. The van der Waals surface area contributed by atoms with E-state index < -0.39 is 17.8 Å². The van der Waals surface area contributed by atoms with Gasteiger partial charge in [0.15, 0.2) is 0 Å². The maximum atomic E-state index is 11.8. The minimum absolute atomic E-state index is 0.0278. The van der Waals surface area contributed by atoms with Crippen LogP contribution in [0.2, 0.25) is 0 Å². The zero-order valence-corrected chi connectivity index (χ0v) is 15.1. The van der Waals surface area contributed by atoms with Crippen molar-refractivity contribution in [3.63, 3.8) is 0 Å². The van der Waals surface area contributed by atoms with Gasteiger partial charge in [0.2, 0.25) is 0 Å².